The van der Waals surface area contributed by atoms with Gasteiger partial charge >= 0.3 is 17.9 Å². The van der Waals surface area contributed by atoms with E-state index in [9.17, 15) is 19.5 Å². The fourth-order valence-electron chi connectivity index (χ4n) is 10.6. The SMILES string of the molecule is CC/C=C\C/C=C\C/C=C\C/C=C\C/C=C\CCCCCCCCCCCCCCCCCCCC(=O)OC(COC(=O)CCCCCCCCCCCCCCCCCCCCCCCCCCCC)COC(OCC[N+](C)(C)C)C(=O)O. The molecular weight excluding hydrogens is 1040 g/mol. The first kappa shape index (κ1) is 81.0. The molecule has 0 saturated heterocycles. The van der Waals surface area contributed by atoms with E-state index in [1.807, 2.05) is 21.1 Å². The molecule has 0 aliphatic carbocycles. The Morgan fingerprint density at radius 1 is 0.369 bits per heavy atom. The van der Waals surface area contributed by atoms with Crippen LogP contribution in [0.25, 0.3) is 0 Å². The average molecular weight is 1180 g/mol. The molecule has 0 radical (unpaired) electrons. The molecular formula is C75H138NO8+. The molecule has 0 aliphatic rings. The number of carbonyl (C=O) groups excluding carboxylic acids is 2. The van der Waals surface area contributed by atoms with Gasteiger partial charge in [0.25, 0.3) is 6.29 Å². The van der Waals surface area contributed by atoms with E-state index < -0.39 is 18.4 Å². The number of hydrogen-bond acceptors (Lipinski definition) is 7. The first-order chi connectivity index (χ1) is 41.1. The van der Waals surface area contributed by atoms with E-state index in [0.29, 0.717) is 17.4 Å². The second kappa shape index (κ2) is 66.0. The van der Waals surface area contributed by atoms with Crippen LogP contribution in [0.5, 0.6) is 0 Å². The van der Waals surface area contributed by atoms with Crippen LogP contribution in [-0.2, 0) is 33.3 Å². The van der Waals surface area contributed by atoms with E-state index in [2.05, 4.69) is 74.6 Å². The Labute approximate surface area is 520 Å². The second-order valence-electron chi connectivity index (χ2n) is 25.5. The van der Waals surface area contributed by atoms with Crippen molar-refractivity contribution in [1.29, 1.82) is 0 Å². The number of carboxylic acid groups (broad SMARTS) is 1. The molecule has 9 nitrogen and oxygen atoms in total. The zero-order valence-electron chi connectivity index (χ0n) is 56.1. The third-order valence-corrected chi connectivity index (χ3v) is 16.0. The van der Waals surface area contributed by atoms with E-state index in [-0.39, 0.29) is 38.2 Å². The van der Waals surface area contributed by atoms with Gasteiger partial charge in [-0.3, -0.25) is 9.59 Å². The van der Waals surface area contributed by atoms with Gasteiger partial charge in [-0.15, -0.1) is 0 Å². The predicted octanol–water partition coefficient (Wildman–Crippen LogP) is 22.3. The highest BCUT2D eigenvalue weighted by Crippen LogP contribution is 2.19. The van der Waals surface area contributed by atoms with Gasteiger partial charge in [0.05, 0.1) is 34.4 Å². The summed E-state index contributed by atoms with van der Waals surface area (Å²) in [5.74, 6) is -1.98. The van der Waals surface area contributed by atoms with Crippen molar-refractivity contribution in [3.05, 3.63) is 60.8 Å². The number of rotatable bonds is 67. The van der Waals surface area contributed by atoms with Crippen molar-refractivity contribution in [3.8, 4) is 0 Å². The molecule has 2 atom stereocenters. The summed E-state index contributed by atoms with van der Waals surface area (Å²) in [6, 6.07) is 0. The zero-order chi connectivity index (χ0) is 61.2. The van der Waals surface area contributed by atoms with Crippen LogP contribution >= 0.6 is 0 Å². The van der Waals surface area contributed by atoms with Gasteiger partial charge in [-0.05, 0) is 57.8 Å². The number of aliphatic carboxylic acids is 1. The number of carboxylic acids is 1. The summed E-state index contributed by atoms with van der Waals surface area (Å²) in [4.78, 5) is 37.6. The van der Waals surface area contributed by atoms with Gasteiger partial charge in [-0.1, -0.05) is 331 Å². The third kappa shape index (κ3) is 66.5. The van der Waals surface area contributed by atoms with Crippen molar-refractivity contribution in [2.24, 2.45) is 0 Å². The maximum Gasteiger partial charge on any atom is 0.361 e. The number of likely N-dealkylation sites (N-methyl/N-ethyl adjacent to an activating group) is 1. The minimum absolute atomic E-state index is 0.177. The van der Waals surface area contributed by atoms with Crippen LogP contribution in [0.4, 0.5) is 0 Å². The largest absolute Gasteiger partial charge is 0.477 e. The number of hydrogen-bond donors (Lipinski definition) is 1. The quantitative estimate of drug-likeness (QED) is 0.0211. The monoisotopic (exact) mass is 1180 g/mol. The zero-order valence-corrected chi connectivity index (χ0v) is 56.1. The molecule has 0 aromatic heterocycles. The Kier molecular flexibility index (Phi) is 63.6. The van der Waals surface area contributed by atoms with E-state index >= 15 is 0 Å². The Balaban J connectivity index is 4.06. The molecule has 0 fully saturated rings. The lowest BCUT2D eigenvalue weighted by molar-refractivity contribution is -0.870. The first-order valence-corrected chi connectivity index (χ1v) is 36.0. The van der Waals surface area contributed by atoms with E-state index in [0.717, 1.165) is 70.6 Å². The molecule has 0 rings (SSSR count). The second-order valence-corrected chi connectivity index (χ2v) is 25.5. The van der Waals surface area contributed by atoms with Crippen molar-refractivity contribution in [1.82, 2.24) is 0 Å². The van der Waals surface area contributed by atoms with Gasteiger partial charge in [0.1, 0.15) is 13.2 Å². The fraction of sp³-hybridized carbons (Fsp3) is 0.827. The van der Waals surface area contributed by atoms with Crippen LogP contribution in [0.1, 0.15) is 341 Å². The summed E-state index contributed by atoms with van der Waals surface area (Å²) in [6.45, 7) is 4.83. The summed E-state index contributed by atoms with van der Waals surface area (Å²) < 4.78 is 23.0. The normalized spacial score (nSPS) is 13.0. The molecule has 0 amide bonds. The van der Waals surface area contributed by atoms with Gasteiger partial charge in [0.15, 0.2) is 6.10 Å². The molecule has 84 heavy (non-hydrogen) atoms. The lowest BCUT2D eigenvalue weighted by atomic mass is 10.0. The summed E-state index contributed by atoms with van der Waals surface area (Å²) in [6.07, 6.45) is 83.4. The molecule has 0 spiro atoms. The molecule has 2 unspecified atom stereocenters. The molecule has 0 aliphatic heterocycles. The maximum atomic E-state index is 13.0. The molecule has 1 N–H and O–H groups in total. The Bertz CT molecular complexity index is 1560. The third-order valence-electron chi connectivity index (χ3n) is 16.0. The molecule has 0 heterocycles. The predicted molar refractivity (Wildman–Crippen MR) is 360 cm³/mol. The smallest absolute Gasteiger partial charge is 0.361 e. The van der Waals surface area contributed by atoms with Gasteiger partial charge in [0.2, 0.25) is 0 Å². The van der Waals surface area contributed by atoms with Gasteiger partial charge < -0.3 is 28.5 Å². The summed E-state index contributed by atoms with van der Waals surface area (Å²) in [5, 5.41) is 9.75. The summed E-state index contributed by atoms with van der Waals surface area (Å²) in [7, 11) is 5.99. The molecule has 0 aromatic carbocycles. The lowest BCUT2D eigenvalue weighted by Gasteiger charge is -2.25. The molecule has 0 aromatic rings. The maximum absolute atomic E-state index is 13.0. The number of esters is 2. The van der Waals surface area contributed by atoms with E-state index in [4.69, 9.17) is 18.9 Å². The van der Waals surface area contributed by atoms with Crippen LogP contribution in [0.3, 0.4) is 0 Å². The summed E-state index contributed by atoms with van der Waals surface area (Å²) in [5.41, 5.74) is 0. The van der Waals surface area contributed by atoms with Gasteiger partial charge in [0, 0.05) is 12.8 Å². The highest BCUT2D eigenvalue weighted by molar-refractivity contribution is 5.71. The number of carbonyl (C=O) groups is 3. The van der Waals surface area contributed by atoms with Crippen molar-refractivity contribution >= 4 is 17.9 Å². The number of nitrogens with zero attached hydrogens (tertiary/aromatic N) is 1. The van der Waals surface area contributed by atoms with Gasteiger partial charge in [-0.2, -0.15) is 0 Å². The van der Waals surface area contributed by atoms with E-state index in [1.165, 1.54) is 244 Å². The molecule has 0 bridgehead atoms. The minimum atomic E-state index is -1.51. The van der Waals surface area contributed by atoms with Crippen molar-refractivity contribution in [2.45, 2.75) is 354 Å². The van der Waals surface area contributed by atoms with Crippen LogP contribution < -0.4 is 0 Å². The van der Waals surface area contributed by atoms with Crippen molar-refractivity contribution in [2.75, 3.05) is 47.5 Å². The topological polar surface area (TPSA) is 108 Å². The van der Waals surface area contributed by atoms with Crippen molar-refractivity contribution < 1.29 is 42.9 Å². The standard InChI is InChI=1S/C75H137NO8/c1-6-8-10-12-14-16-18-20-22-24-26-28-30-32-34-35-36-37-38-39-40-42-44-46-48-50-52-54-56-58-60-62-64-66-73(78)84-71(70-83-75(74(79)80)81-68-67-76(3,4)5)69-82-72(77)65-63-61-59-57-55-53-51-49-47-45-43-41-33-31-29-27-25-23-21-19-17-15-13-11-9-7-2/h8,10,14,16,20,22,26,28,32,34,71,75H,6-7,9,11-13,15,17-19,21,23-25,27,29-31,33,35-70H2,1-5H3/p+1/b10-8-,16-14-,22-20-,28-26-,34-32-. The fourth-order valence-corrected chi connectivity index (χ4v) is 10.6. The van der Waals surface area contributed by atoms with Crippen LogP contribution in [0, 0.1) is 0 Å². The molecule has 490 valence electrons. The number of quaternary nitrogens is 1. The summed E-state index contributed by atoms with van der Waals surface area (Å²) >= 11 is 0. The molecule has 0 saturated carbocycles. The Morgan fingerprint density at radius 2 is 0.679 bits per heavy atom. The highest BCUT2D eigenvalue weighted by Gasteiger charge is 2.25. The van der Waals surface area contributed by atoms with Crippen LogP contribution in [0.2, 0.25) is 0 Å². The number of allylic oxidation sites excluding steroid dienone is 10. The highest BCUT2D eigenvalue weighted by atomic mass is 16.7. The number of unbranched alkanes of at least 4 members (excludes halogenated alkanes) is 42. The first-order valence-electron chi connectivity index (χ1n) is 36.0. The Hall–Kier alpha value is -3.01. The van der Waals surface area contributed by atoms with E-state index in [1.54, 1.807) is 0 Å². The number of ether oxygens (including phenoxy) is 4. The van der Waals surface area contributed by atoms with Crippen LogP contribution in [-0.4, -0.2) is 87.4 Å². The van der Waals surface area contributed by atoms with Crippen LogP contribution in [0.15, 0.2) is 60.8 Å². The van der Waals surface area contributed by atoms with Crippen molar-refractivity contribution in [3.63, 3.8) is 0 Å². The van der Waals surface area contributed by atoms with Gasteiger partial charge in [-0.25, -0.2) is 4.79 Å². The molecule has 9 heteroatoms. The lowest BCUT2D eigenvalue weighted by Crippen LogP contribution is -2.40. The Morgan fingerprint density at radius 3 is 1.01 bits per heavy atom. The average Bonchev–Trinajstić information content (AvgIpc) is 3.51. The minimum Gasteiger partial charge on any atom is -0.477 e.